The number of rotatable bonds is 2. The Labute approximate surface area is 239 Å². The number of phosphoric ester groups is 2. The summed E-state index contributed by atoms with van der Waals surface area (Å²) in [5, 5.41) is 0. The van der Waals surface area contributed by atoms with Gasteiger partial charge in [-0.2, -0.15) is 4.98 Å². The van der Waals surface area contributed by atoms with Crippen LogP contribution in [-0.2, 0) is 36.7 Å². The van der Waals surface area contributed by atoms with Crippen LogP contribution in [0, 0.1) is 0 Å². The molecule has 3 aliphatic rings. The Balaban J connectivity index is 1.13. The number of nitrogens with one attached hydrogen (secondary N) is 1. The zero-order valence-electron chi connectivity index (χ0n) is 21.8. The number of aromatic nitrogens is 8. The summed E-state index contributed by atoms with van der Waals surface area (Å²) < 4.78 is 62.2. The minimum atomic E-state index is -4.76. The van der Waals surface area contributed by atoms with Gasteiger partial charge in [0.25, 0.3) is 5.56 Å². The maximum atomic E-state index is 13.0. The molecule has 230 valence electrons. The maximum Gasteiger partial charge on any atom is 0.472 e. The van der Waals surface area contributed by atoms with Gasteiger partial charge in [0, 0.05) is 12.8 Å². The minimum Gasteiger partial charge on any atom is -0.382 e. The van der Waals surface area contributed by atoms with E-state index in [-0.39, 0.29) is 35.8 Å². The second-order valence-corrected chi connectivity index (χ2v) is 12.7. The summed E-state index contributed by atoms with van der Waals surface area (Å²) in [4.78, 5) is 56.0. The maximum absolute atomic E-state index is 13.0. The summed E-state index contributed by atoms with van der Waals surface area (Å²) in [5.74, 6) is -0.0201. The monoisotopic (exact) mass is 642 g/mol. The summed E-state index contributed by atoms with van der Waals surface area (Å²) in [5.41, 5.74) is 11.7. The van der Waals surface area contributed by atoms with Crippen LogP contribution in [-0.4, -0.2) is 86.5 Å². The Morgan fingerprint density at radius 1 is 0.814 bits per heavy atom. The van der Waals surface area contributed by atoms with Crippen LogP contribution in [0.2, 0.25) is 0 Å². The number of nitrogens with zero attached hydrogens (tertiary/aromatic N) is 7. The van der Waals surface area contributed by atoms with E-state index >= 15 is 0 Å². The van der Waals surface area contributed by atoms with Gasteiger partial charge in [-0.1, -0.05) is 0 Å². The molecular weight excluding hydrogens is 618 g/mol. The Bertz CT molecular complexity index is 1860. The molecule has 4 aromatic heterocycles. The average molecular weight is 642 g/mol. The number of imidazole rings is 2. The summed E-state index contributed by atoms with van der Waals surface area (Å²) in [6.45, 7) is -1.14. The molecule has 23 heteroatoms. The topological polar surface area (TPSA) is 289 Å². The number of H-pyrrole nitrogens is 1. The summed E-state index contributed by atoms with van der Waals surface area (Å²) >= 11 is 0. The lowest BCUT2D eigenvalue weighted by atomic mass is 10.2. The Kier molecular flexibility index (Phi) is 6.86. The summed E-state index contributed by atoms with van der Waals surface area (Å²) in [6, 6.07) is 0. The normalized spacial score (nSPS) is 35.4. The molecule has 7 rings (SSSR count). The van der Waals surface area contributed by atoms with Gasteiger partial charge in [-0.25, -0.2) is 29.1 Å². The van der Waals surface area contributed by atoms with Gasteiger partial charge in [-0.05, 0) is 0 Å². The van der Waals surface area contributed by atoms with E-state index in [1.165, 1.54) is 28.1 Å². The molecule has 0 aliphatic carbocycles. The van der Waals surface area contributed by atoms with Gasteiger partial charge in [0.15, 0.2) is 22.6 Å². The Hall–Kier alpha value is -3.36. The van der Waals surface area contributed by atoms with Crippen LogP contribution in [0.5, 0.6) is 0 Å². The first kappa shape index (κ1) is 28.4. The van der Waals surface area contributed by atoms with E-state index in [0.717, 1.165) is 0 Å². The van der Waals surface area contributed by atoms with Crippen LogP contribution in [0.25, 0.3) is 22.3 Å². The number of hydrogen-bond acceptors (Lipinski definition) is 16. The van der Waals surface area contributed by atoms with Gasteiger partial charge in [-0.15, -0.1) is 0 Å². The highest BCUT2D eigenvalue weighted by Crippen LogP contribution is 2.53. The smallest absolute Gasteiger partial charge is 0.382 e. The highest BCUT2D eigenvalue weighted by Gasteiger charge is 2.47. The van der Waals surface area contributed by atoms with Crippen molar-refractivity contribution in [1.29, 1.82) is 0 Å². The molecule has 7 N–H and O–H groups in total. The third-order valence-electron chi connectivity index (χ3n) is 7.16. The third kappa shape index (κ3) is 5.33. The molecular formula is C20H24N10O11P2. The van der Waals surface area contributed by atoms with Crippen molar-refractivity contribution < 1.29 is 46.5 Å². The van der Waals surface area contributed by atoms with E-state index in [1.54, 1.807) is 0 Å². The number of aromatic amines is 1. The molecule has 0 radical (unpaired) electrons. The Morgan fingerprint density at radius 2 is 1.37 bits per heavy atom. The van der Waals surface area contributed by atoms with Crippen molar-refractivity contribution in [3.8, 4) is 0 Å². The Morgan fingerprint density at radius 3 is 1.98 bits per heavy atom. The van der Waals surface area contributed by atoms with Crippen molar-refractivity contribution in [3.63, 3.8) is 0 Å². The van der Waals surface area contributed by atoms with Gasteiger partial charge >= 0.3 is 15.6 Å². The predicted octanol–water partition coefficient (Wildman–Crippen LogP) is -0.283. The van der Waals surface area contributed by atoms with Crippen LogP contribution in [0.15, 0.2) is 23.8 Å². The number of anilines is 2. The fourth-order valence-corrected chi connectivity index (χ4v) is 7.16. The minimum absolute atomic E-state index is 0.0124. The van der Waals surface area contributed by atoms with Gasteiger partial charge < -0.3 is 30.7 Å². The number of fused-ring (bicyclic) bond motifs is 4. The molecule has 43 heavy (non-hydrogen) atoms. The van der Waals surface area contributed by atoms with Gasteiger partial charge in [-0.3, -0.25) is 37.0 Å². The van der Waals surface area contributed by atoms with Crippen molar-refractivity contribution in [1.82, 2.24) is 39.0 Å². The quantitative estimate of drug-likeness (QED) is 0.176. The molecule has 0 spiro atoms. The van der Waals surface area contributed by atoms with Crippen molar-refractivity contribution in [2.45, 2.75) is 49.7 Å². The van der Waals surface area contributed by atoms with Gasteiger partial charge in [0.05, 0.1) is 25.9 Å². The van der Waals surface area contributed by atoms with Crippen LogP contribution in [0.4, 0.5) is 11.8 Å². The number of nitrogen functional groups attached to an aromatic ring is 2. The first-order chi connectivity index (χ1) is 20.5. The van der Waals surface area contributed by atoms with E-state index < -0.39 is 71.3 Å². The van der Waals surface area contributed by atoms with Crippen LogP contribution < -0.4 is 17.0 Å². The molecule has 4 aromatic rings. The zero-order valence-corrected chi connectivity index (χ0v) is 23.6. The predicted molar refractivity (Wildman–Crippen MR) is 141 cm³/mol. The van der Waals surface area contributed by atoms with E-state index in [4.69, 9.17) is 39.0 Å². The van der Waals surface area contributed by atoms with Gasteiger partial charge in [0.2, 0.25) is 5.95 Å². The molecule has 0 saturated carbocycles. The molecule has 2 unspecified atom stereocenters. The highest BCUT2D eigenvalue weighted by atomic mass is 31.2. The van der Waals surface area contributed by atoms with Crippen LogP contribution in [0.3, 0.4) is 0 Å². The lowest BCUT2D eigenvalue weighted by Crippen LogP contribution is -2.32. The lowest BCUT2D eigenvalue weighted by Gasteiger charge is -2.26. The fraction of sp³-hybridized carbons (Fsp3) is 0.500. The van der Waals surface area contributed by atoms with E-state index in [1.807, 2.05) is 0 Å². The average Bonchev–Trinajstić information content (AvgIpc) is 3.71. The summed E-state index contributed by atoms with van der Waals surface area (Å²) in [7, 11) is -9.50. The second kappa shape index (κ2) is 10.4. The number of hydrogen-bond donors (Lipinski definition) is 5. The summed E-state index contributed by atoms with van der Waals surface area (Å²) in [6.07, 6.45) is -2.49. The van der Waals surface area contributed by atoms with E-state index in [0.29, 0.717) is 11.2 Å². The van der Waals surface area contributed by atoms with Crippen molar-refractivity contribution in [2.75, 3.05) is 24.7 Å². The molecule has 0 amide bonds. The standard InChI is InChI=1S/C20H24N10O11P2/c21-16-14-17(24-5-23-16)29(6-25-14)12-1-8-10(38-12)3-36-43(34,35)41-9-2-13(39-11(9)4-37-42(32,33)40-8)30-7-26-15-18(30)27-20(22)28-19(15)31/h5-13H,1-4H2,(H,32,33)(H,34,35)(H2,21,23,24)(H3,22,27,28,31)/t8-,9-,10+,11+,12+,13+/m0/s1. The van der Waals surface area contributed by atoms with E-state index in [2.05, 4.69) is 29.9 Å². The van der Waals surface area contributed by atoms with Crippen LogP contribution >= 0.6 is 15.6 Å². The zero-order chi connectivity index (χ0) is 30.1. The molecule has 3 fully saturated rings. The molecule has 0 bridgehead atoms. The molecule has 3 aliphatic heterocycles. The first-order valence-electron chi connectivity index (χ1n) is 12.7. The molecule has 3 saturated heterocycles. The van der Waals surface area contributed by atoms with Crippen molar-refractivity contribution >= 4 is 49.7 Å². The first-order valence-corrected chi connectivity index (χ1v) is 15.7. The highest BCUT2D eigenvalue weighted by molar-refractivity contribution is 7.47. The number of nitrogens with two attached hydrogens (primary N) is 2. The molecule has 21 nitrogen and oxygen atoms in total. The molecule has 7 heterocycles. The number of phosphoric acid groups is 2. The van der Waals surface area contributed by atoms with Crippen molar-refractivity contribution in [2.24, 2.45) is 0 Å². The van der Waals surface area contributed by atoms with E-state index in [9.17, 15) is 23.7 Å². The SMILES string of the molecule is Nc1nc2c(ncn2[C@H]2C[C@@H]3OP(=O)(O)OC[C@H]4O[C@@H](n5cnc6c(N)ncnc65)C[C@@H]4OP(=O)(O)OC[C@H]3O2)c(=O)[nH]1. The molecule has 8 atom stereocenters. The van der Waals surface area contributed by atoms with Crippen molar-refractivity contribution in [3.05, 3.63) is 29.3 Å². The largest absolute Gasteiger partial charge is 0.472 e. The third-order valence-corrected chi connectivity index (χ3v) is 9.19. The van der Waals surface area contributed by atoms with Gasteiger partial charge in [0.1, 0.15) is 48.7 Å². The molecule has 0 aromatic carbocycles. The second-order valence-electron chi connectivity index (χ2n) is 9.90. The fourth-order valence-electron chi connectivity index (χ4n) is 5.24. The van der Waals surface area contributed by atoms with Crippen LogP contribution in [0.1, 0.15) is 25.3 Å². The lowest BCUT2D eigenvalue weighted by molar-refractivity contribution is -0.0661. The number of ether oxygens (including phenoxy) is 2.